The maximum Gasteiger partial charge on any atom is 0.430 e. The van der Waals surface area contributed by atoms with E-state index in [9.17, 15) is 41.0 Å². The Labute approximate surface area is 257 Å². The number of hydrogen-bond donors (Lipinski definition) is 2. The molecular weight excluding hydrogens is 608 g/mol. The fraction of sp³-hybridized carbons (Fsp3) is 0.516. The highest BCUT2D eigenvalue weighted by Crippen LogP contribution is 2.50. The summed E-state index contributed by atoms with van der Waals surface area (Å²) in [6.45, 7) is 10.1. The van der Waals surface area contributed by atoms with Crippen molar-refractivity contribution in [3.63, 3.8) is 0 Å². The Morgan fingerprint density at radius 3 is 2.16 bits per heavy atom. The van der Waals surface area contributed by atoms with E-state index in [1.165, 1.54) is 6.92 Å². The van der Waals surface area contributed by atoms with Gasteiger partial charge in [-0.25, -0.2) is 4.79 Å². The number of halogens is 6. The van der Waals surface area contributed by atoms with Crippen LogP contribution >= 0.6 is 0 Å². The maximum atomic E-state index is 13.4. The van der Waals surface area contributed by atoms with Crippen LogP contribution in [0.5, 0.6) is 11.5 Å². The predicted octanol–water partition coefficient (Wildman–Crippen LogP) is 6.78. The van der Waals surface area contributed by atoms with E-state index in [0.29, 0.717) is 29.9 Å². The molecule has 1 saturated heterocycles. The van der Waals surface area contributed by atoms with Gasteiger partial charge in [0.1, 0.15) is 11.5 Å². The molecule has 2 aromatic rings. The van der Waals surface area contributed by atoms with Crippen LogP contribution in [0.15, 0.2) is 47.5 Å². The number of benzene rings is 2. The van der Waals surface area contributed by atoms with Gasteiger partial charge in [0.2, 0.25) is 5.91 Å². The number of hydrogen-bond acceptors (Lipinski definition) is 6. The topological polar surface area (TPSA) is 100 Å². The van der Waals surface area contributed by atoms with E-state index in [-0.39, 0.29) is 42.7 Å². The highest BCUT2D eigenvalue weighted by molar-refractivity contribution is 5.98. The number of carbonyl (C=O) groups excluding carboxylic acids is 2. The number of imide groups is 1. The SMILES string of the molecule is CCCc1cc(C(O)(C(F)(F)F)C(F)(F)F)ccc1OC(C)=NC(C)CN1C(=O)CC(C)(c2ccc(OC(C)C)cc2)NC1=O. The Balaban J connectivity index is 1.74. The largest absolute Gasteiger partial charge is 0.491 e. The van der Waals surface area contributed by atoms with Crippen LogP contribution in [0, 0.1) is 0 Å². The Bertz CT molecular complexity index is 1370. The van der Waals surface area contributed by atoms with Crippen molar-refractivity contribution in [1.29, 1.82) is 0 Å². The van der Waals surface area contributed by atoms with Crippen molar-refractivity contribution in [2.45, 2.75) is 96.4 Å². The smallest absolute Gasteiger partial charge is 0.430 e. The van der Waals surface area contributed by atoms with Gasteiger partial charge >= 0.3 is 18.4 Å². The van der Waals surface area contributed by atoms with Gasteiger partial charge in [0.15, 0.2) is 5.90 Å². The zero-order valence-electron chi connectivity index (χ0n) is 25.8. The zero-order chi connectivity index (χ0) is 34.0. The first-order chi connectivity index (χ1) is 20.7. The molecule has 2 atom stereocenters. The molecule has 248 valence electrons. The van der Waals surface area contributed by atoms with Crippen molar-refractivity contribution in [2.24, 2.45) is 4.99 Å². The van der Waals surface area contributed by atoms with E-state index < -0.39 is 47.0 Å². The molecule has 0 aliphatic carbocycles. The Morgan fingerprint density at radius 2 is 1.64 bits per heavy atom. The summed E-state index contributed by atoms with van der Waals surface area (Å²) < 4.78 is 91.7. The minimum absolute atomic E-state index is 0.00204. The van der Waals surface area contributed by atoms with Crippen LogP contribution in [-0.2, 0) is 22.4 Å². The number of aliphatic imine (C=N–C) groups is 1. The number of nitrogens with one attached hydrogen (secondary N) is 1. The molecule has 3 rings (SSSR count). The van der Waals surface area contributed by atoms with E-state index in [4.69, 9.17) is 9.47 Å². The summed E-state index contributed by atoms with van der Waals surface area (Å²) in [5.74, 6) is 0.159. The van der Waals surface area contributed by atoms with Gasteiger partial charge < -0.3 is 19.9 Å². The molecule has 14 heteroatoms. The quantitative estimate of drug-likeness (QED) is 0.169. The van der Waals surface area contributed by atoms with Gasteiger partial charge in [0, 0.05) is 12.5 Å². The fourth-order valence-electron chi connectivity index (χ4n) is 5.05. The molecule has 1 fully saturated rings. The number of aryl methyl sites for hydroxylation is 1. The van der Waals surface area contributed by atoms with E-state index >= 15 is 0 Å². The third-order valence-electron chi connectivity index (χ3n) is 7.22. The highest BCUT2D eigenvalue weighted by atomic mass is 19.4. The van der Waals surface area contributed by atoms with Crippen molar-refractivity contribution >= 4 is 17.8 Å². The van der Waals surface area contributed by atoms with Gasteiger partial charge in [-0.05, 0) is 69.5 Å². The lowest BCUT2D eigenvalue weighted by Gasteiger charge is -2.39. The summed E-state index contributed by atoms with van der Waals surface area (Å²) in [6, 6.07) is 7.81. The van der Waals surface area contributed by atoms with Crippen LogP contribution < -0.4 is 14.8 Å². The molecule has 1 aliphatic rings. The number of ether oxygens (including phenoxy) is 2. The van der Waals surface area contributed by atoms with Crippen LogP contribution in [0.3, 0.4) is 0 Å². The van der Waals surface area contributed by atoms with E-state index in [1.807, 2.05) is 13.8 Å². The second-order valence-electron chi connectivity index (χ2n) is 11.5. The molecule has 0 radical (unpaired) electrons. The summed E-state index contributed by atoms with van der Waals surface area (Å²) in [7, 11) is 0. The lowest BCUT2D eigenvalue weighted by molar-refractivity contribution is -0.376. The molecule has 0 spiro atoms. The molecule has 1 heterocycles. The molecule has 0 saturated carbocycles. The van der Waals surface area contributed by atoms with Gasteiger partial charge in [-0.1, -0.05) is 31.5 Å². The molecule has 1 aliphatic heterocycles. The van der Waals surface area contributed by atoms with Crippen LogP contribution in [0.4, 0.5) is 31.1 Å². The summed E-state index contributed by atoms with van der Waals surface area (Å²) in [5, 5.41) is 12.7. The number of urea groups is 1. The third kappa shape index (κ3) is 7.89. The molecular formula is C31H37F6N3O5. The molecule has 3 amide bonds. The molecule has 8 nitrogen and oxygen atoms in total. The average Bonchev–Trinajstić information content (AvgIpc) is 2.90. The van der Waals surface area contributed by atoms with Crippen LogP contribution in [0.2, 0.25) is 0 Å². The number of amides is 3. The molecule has 2 aromatic carbocycles. The Hall–Kier alpha value is -3.81. The van der Waals surface area contributed by atoms with Crippen LogP contribution in [-0.4, -0.2) is 58.9 Å². The van der Waals surface area contributed by atoms with E-state index in [0.717, 1.165) is 11.0 Å². The van der Waals surface area contributed by atoms with Crippen LogP contribution in [0.25, 0.3) is 0 Å². The monoisotopic (exact) mass is 645 g/mol. The molecule has 2 N–H and O–H groups in total. The normalized spacial score (nSPS) is 19.1. The van der Waals surface area contributed by atoms with Crippen molar-refractivity contribution < 1.29 is 50.5 Å². The number of carbonyl (C=O) groups is 2. The lowest BCUT2D eigenvalue weighted by atomic mass is 9.86. The van der Waals surface area contributed by atoms with Crippen molar-refractivity contribution in [1.82, 2.24) is 10.2 Å². The number of alkyl halides is 6. The third-order valence-corrected chi connectivity index (χ3v) is 7.22. The summed E-state index contributed by atoms with van der Waals surface area (Å²) in [6.07, 6.45) is -11.7. The summed E-state index contributed by atoms with van der Waals surface area (Å²) in [4.78, 5) is 31.4. The maximum absolute atomic E-state index is 13.4. The van der Waals surface area contributed by atoms with Gasteiger partial charge in [-0.15, -0.1) is 0 Å². The molecule has 0 aromatic heterocycles. The van der Waals surface area contributed by atoms with Crippen molar-refractivity contribution in [3.8, 4) is 11.5 Å². The lowest BCUT2D eigenvalue weighted by Crippen LogP contribution is -2.60. The Kier molecular flexibility index (Phi) is 10.5. The number of nitrogens with zero attached hydrogens (tertiary/aromatic N) is 2. The molecule has 0 bridgehead atoms. The minimum Gasteiger partial charge on any atom is -0.491 e. The predicted molar refractivity (Wildman–Crippen MR) is 154 cm³/mol. The highest BCUT2D eigenvalue weighted by Gasteiger charge is 2.71. The molecule has 2 unspecified atom stereocenters. The summed E-state index contributed by atoms with van der Waals surface area (Å²) >= 11 is 0. The second-order valence-corrected chi connectivity index (χ2v) is 11.5. The minimum atomic E-state index is -6.02. The fourth-order valence-corrected chi connectivity index (χ4v) is 5.05. The standard InChI is InChI=1S/C31H37F6N3O5/c1-7-8-21-15-23(29(43,30(32,33)34)31(35,36)37)11-14-25(21)45-20(5)38-19(4)17-40-26(41)16-28(6,39-27(40)42)22-9-12-24(13-10-22)44-18(2)3/h9-15,18-19,43H,7-8,16-17H2,1-6H3,(H,39,42). The first kappa shape index (κ1) is 35.7. The van der Waals surface area contributed by atoms with E-state index in [2.05, 4.69) is 10.3 Å². The van der Waals surface area contributed by atoms with Gasteiger partial charge in [-0.3, -0.25) is 14.7 Å². The second kappa shape index (κ2) is 13.3. The Morgan fingerprint density at radius 1 is 1.04 bits per heavy atom. The van der Waals surface area contributed by atoms with E-state index in [1.54, 1.807) is 45.0 Å². The summed E-state index contributed by atoms with van der Waals surface area (Å²) in [5.41, 5.74) is -6.70. The van der Waals surface area contributed by atoms with Gasteiger partial charge in [0.25, 0.3) is 5.60 Å². The van der Waals surface area contributed by atoms with Gasteiger partial charge in [-0.2, -0.15) is 26.3 Å². The van der Waals surface area contributed by atoms with Crippen molar-refractivity contribution in [3.05, 3.63) is 59.2 Å². The van der Waals surface area contributed by atoms with Crippen LogP contribution in [0.1, 0.15) is 71.1 Å². The zero-order valence-corrected chi connectivity index (χ0v) is 25.8. The average molecular weight is 646 g/mol. The van der Waals surface area contributed by atoms with Gasteiger partial charge in [0.05, 0.1) is 30.7 Å². The number of rotatable bonds is 10. The first-order valence-electron chi connectivity index (χ1n) is 14.3. The first-order valence-corrected chi connectivity index (χ1v) is 14.3. The van der Waals surface area contributed by atoms with Crippen molar-refractivity contribution in [2.75, 3.05) is 6.54 Å². The molecule has 45 heavy (non-hydrogen) atoms. The number of aliphatic hydroxyl groups is 1.